The van der Waals surface area contributed by atoms with Crippen molar-refractivity contribution in [3.05, 3.63) is 48.0 Å². The van der Waals surface area contributed by atoms with Crippen LogP contribution in [-0.2, 0) is 4.79 Å². The Bertz CT molecular complexity index is 895. The Balaban J connectivity index is 1.82. The zero-order chi connectivity index (χ0) is 21.2. The minimum atomic E-state index is -4.89. The van der Waals surface area contributed by atoms with Gasteiger partial charge in [0.25, 0.3) is 5.91 Å². The first-order chi connectivity index (χ1) is 13.7. The summed E-state index contributed by atoms with van der Waals surface area (Å²) >= 11 is 0. The number of hydrogen-bond acceptors (Lipinski definition) is 2. The summed E-state index contributed by atoms with van der Waals surface area (Å²) in [5, 5.41) is 1.95. The van der Waals surface area contributed by atoms with Gasteiger partial charge < -0.3 is 9.80 Å². The van der Waals surface area contributed by atoms with Crippen LogP contribution in [-0.4, -0.2) is 53.5 Å². The van der Waals surface area contributed by atoms with Gasteiger partial charge in [-0.05, 0) is 41.7 Å². The lowest BCUT2D eigenvalue weighted by molar-refractivity contribution is -0.184. The Labute approximate surface area is 168 Å². The van der Waals surface area contributed by atoms with Crippen molar-refractivity contribution >= 4 is 22.6 Å². The summed E-state index contributed by atoms with van der Waals surface area (Å²) in [6.45, 7) is 4.43. The Kier molecular flexibility index (Phi) is 6.15. The molecule has 1 fully saturated rings. The number of rotatable bonds is 5. The van der Waals surface area contributed by atoms with Crippen molar-refractivity contribution in [2.75, 3.05) is 19.6 Å². The van der Waals surface area contributed by atoms with Crippen LogP contribution in [0.3, 0.4) is 0 Å². The summed E-state index contributed by atoms with van der Waals surface area (Å²) in [7, 11) is 0. The summed E-state index contributed by atoms with van der Waals surface area (Å²) < 4.78 is 38.3. The molecule has 156 valence electrons. The first-order valence-corrected chi connectivity index (χ1v) is 9.82. The number of halogens is 3. The molecule has 1 atom stereocenters. The number of carbonyl (C=O) groups is 2. The molecule has 0 aromatic heterocycles. The third-order valence-electron chi connectivity index (χ3n) is 5.34. The van der Waals surface area contributed by atoms with Crippen molar-refractivity contribution in [2.45, 2.75) is 38.9 Å². The molecule has 0 aliphatic carbocycles. The lowest BCUT2D eigenvalue weighted by Crippen LogP contribution is -2.45. The van der Waals surface area contributed by atoms with Crippen LogP contribution in [0.2, 0.25) is 0 Å². The highest BCUT2D eigenvalue weighted by atomic mass is 19.4. The van der Waals surface area contributed by atoms with Gasteiger partial charge in [-0.2, -0.15) is 13.2 Å². The molecule has 2 aromatic rings. The number of benzene rings is 2. The predicted octanol–water partition coefficient (Wildman–Crippen LogP) is 4.49. The third-order valence-corrected chi connectivity index (χ3v) is 5.34. The molecule has 0 radical (unpaired) electrons. The first-order valence-electron chi connectivity index (χ1n) is 9.82. The highest BCUT2D eigenvalue weighted by Gasteiger charge is 2.45. The summed E-state index contributed by atoms with van der Waals surface area (Å²) in [5.74, 6) is -1.69. The molecule has 4 nitrogen and oxygen atoms in total. The van der Waals surface area contributed by atoms with Gasteiger partial charge in [-0.15, -0.1) is 0 Å². The molecule has 1 heterocycles. The Morgan fingerprint density at radius 2 is 1.83 bits per heavy atom. The van der Waals surface area contributed by atoms with E-state index < -0.39 is 18.1 Å². The number of amides is 2. The fourth-order valence-electron chi connectivity index (χ4n) is 3.70. The molecule has 2 amide bonds. The van der Waals surface area contributed by atoms with E-state index in [9.17, 15) is 22.8 Å². The zero-order valence-corrected chi connectivity index (χ0v) is 16.6. The van der Waals surface area contributed by atoms with E-state index in [0.717, 1.165) is 22.1 Å². The Morgan fingerprint density at radius 3 is 2.48 bits per heavy atom. The van der Waals surface area contributed by atoms with Gasteiger partial charge in [-0.1, -0.05) is 44.2 Å². The molecule has 7 heteroatoms. The van der Waals surface area contributed by atoms with Gasteiger partial charge in [0.1, 0.15) is 0 Å². The Morgan fingerprint density at radius 1 is 1.14 bits per heavy atom. The maximum absolute atomic E-state index is 13.3. The normalized spacial score (nSPS) is 17.2. The molecule has 0 N–H and O–H groups in total. The summed E-state index contributed by atoms with van der Waals surface area (Å²) in [6, 6.07) is 12.7. The minimum absolute atomic E-state index is 0.00614. The molecule has 1 saturated heterocycles. The molecule has 0 spiro atoms. The monoisotopic (exact) mass is 406 g/mol. The number of carbonyl (C=O) groups excluding carboxylic acids is 2. The van der Waals surface area contributed by atoms with Crippen LogP contribution in [0.25, 0.3) is 10.8 Å². The summed E-state index contributed by atoms with van der Waals surface area (Å²) in [6.07, 6.45) is -3.80. The lowest BCUT2D eigenvalue weighted by Gasteiger charge is -2.30. The molecule has 3 rings (SSSR count). The van der Waals surface area contributed by atoms with Crippen LogP contribution in [0.4, 0.5) is 13.2 Å². The third kappa shape index (κ3) is 4.89. The quantitative estimate of drug-likeness (QED) is 0.734. The second-order valence-corrected chi connectivity index (χ2v) is 7.93. The molecular weight excluding hydrogens is 381 g/mol. The topological polar surface area (TPSA) is 40.6 Å². The average molecular weight is 406 g/mol. The maximum atomic E-state index is 13.3. The standard InChI is InChI=1S/C22H25F3N2O2/c1-15(2)9-12-27(19-10-11-26(14-19)21(29)22(23,24)25)20(28)18-8-7-16-5-3-4-6-17(16)13-18/h3-8,13,15,19H,9-12,14H2,1-2H3/t19-/m1/s1. The predicted molar refractivity (Wildman–Crippen MR) is 105 cm³/mol. The van der Waals surface area contributed by atoms with Crippen molar-refractivity contribution in [3.63, 3.8) is 0 Å². The highest BCUT2D eigenvalue weighted by molar-refractivity contribution is 5.98. The second-order valence-electron chi connectivity index (χ2n) is 7.93. The number of alkyl halides is 3. The van der Waals surface area contributed by atoms with Crippen molar-refractivity contribution in [1.29, 1.82) is 0 Å². The van der Waals surface area contributed by atoms with Crippen molar-refractivity contribution in [3.8, 4) is 0 Å². The Hall–Kier alpha value is -2.57. The number of hydrogen-bond donors (Lipinski definition) is 0. The largest absolute Gasteiger partial charge is 0.471 e. The molecule has 0 unspecified atom stereocenters. The van der Waals surface area contributed by atoms with Gasteiger partial charge in [0.05, 0.1) is 6.04 Å². The van der Waals surface area contributed by atoms with E-state index >= 15 is 0 Å². The van der Waals surface area contributed by atoms with Gasteiger partial charge >= 0.3 is 12.1 Å². The smallest absolute Gasteiger partial charge is 0.334 e. The van der Waals surface area contributed by atoms with E-state index in [-0.39, 0.29) is 19.0 Å². The molecule has 0 bridgehead atoms. The first kappa shape index (κ1) is 21.1. The van der Waals surface area contributed by atoms with Crippen LogP contribution in [0.5, 0.6) is 0 Å². The maximum Gasteiger partial charge on any atom is 0.471 e. The van der Waals surface area contributed by atoms with Gasteiger partial charge in [0.15, 0.2) is 0 Å². The van der Waals surface area contributed by atoms with E-state index in [2.05, 4.69) is 0 Å². The van der Waals surface area contributed by atoms with Crippen LogP contribution in [0.15, 0.2) is 42.5 Å². The molecule has 2 aromatic carbocycles. The molecule has 1 aliphatic heterocycles. The van der Waals surface area contributed by atoms with Gasteiger partial charge in [-0.25, -0.2) is 0 Å². The minimum Gasteiger partial charge on any atom is -0.334 e. The van der Waals surface area contributed by atoms with E-state index in [1.807, 2.05) is 50.2 Å². The molecular formula is C22H25F3N2O2. The summed E-state index contributed by atoms with van der Waals surface area (Å²) in [4.78, 5) is 27.3. The fourth-order valence-corrected chi connectivity index (χ4v) is 3.70. The van der Waals surface area contributed by atoms with Crippen LogP contribution >= 0.6 is 0 Å². The van der Waals surface area contributed by atoms with Gasteiger partial charge in [0, 0.05) is 25.2 Å². The number of nitrogens with zero attached hydrogens (tertiary/aromatic N) is 2. The van der Waals surface area contributed by atoms with Crippen LogP contribution in [0, 0.1) is 5.92 Å². The van der Waals surface area contributed by atoms with Crippen LogP contribution < -0.4 is 0 Å². The highest BCUT2D eigenvalue weighted by Crippen LogP contribution is 2.26. The average Bonchev–Trinajstić information content (AvgIpc) is 3.15. The zero-order valence-electron chi connectivity index (χ0n) is 16.6. The summed E-state index contributed by atoms with van der Waals surface area (Å²) in [5.41, 5.74) is 0.507. The fraction of sp³-hybridized carbons (Fsp3) is 0.455. The van der Waals surface area contributed by atoms with E-state index in [0.29, 0.717) is 24.4 Å². The second kappa shape index (κ2) is 8.43. The molecule has 1 aliphatic rings. The molecule has 29 heavy (non-hydrogen) atoms. The van der Waals surface area contributed by atoms with Gasteiger partial charge in [-0.3, -0.25) is 9.59 Å². The van der Waals surface area contributed by atoms with E-state index in [1.165, 1.54) is 0 Å². The lowest BCUT2D eigenvalue weighted by atomic mass is 10.0. The van der Waals surface area contributed by atoms with Crippen molar-refractivity contribution in [2.24, 2.45) is 5.92 Å². The van der Waals surface area contributed by atoms with Crippen molar-refractivity contribution in [1.82, 2.24) is 9.80 Å². The molecule has 0 saturated carbocycles. The SMILES string of the molecule is CC(C)CCN(C(=O)c1ccc2ccccc2c1)[C@@H]1CCN(C(=O)C(F)(F)F)C1. The van der Waals surface area contributed by atoms with E-state index in [1.54, 1.807) is 11.0 Å². The van der Waals surface area contributed by atoms with Crippen LogP contribution in [0.1, 0.15) is 37.0 Å². The van der Waals surface area contributed by atoms with Crippen molar-refractivity contribution < 1.29 is 22.8 Å². The number of likely N-dealkylation sites (tertiary alicyclic amines) is 1. The van der Waals surface area contributed by atoms with Gasteiger partial charge in [0.2, 0.25) is 0 Å². The van der Waals surface area contributed by atoms with E-state index in [4.69, 9.17) is 0 Å². The number of fused-ring (bicyclic) bond motifs is 1.